The molecule has 0 bridgehead atoms. The van der Waals surface area contributed by atoms with Crippen molar-refractivity contribution in [2.24, 2.45) is 11.8 Å². The molecule has 2 aliphatic rings. The van der Waals surface area contributed by atoms with E-state index in [0.29, 0.717) is 37.0 Å². The molecule has 1 unspecified atom stereocenters. The number of rotatable bonds is 6. The molecule has 0 saturated carbocycles. The number of likely N-dealkylation sites (tertiary alicyclic amines) is 1. The first kappa shape index (κ1) is 21.5. The molecule has 158 valence electrons. The normalized spacial score (nSPS) is 22.6. The Morgan fingerprint density at radius 1 is 1.07 bits per heavy atom. The second-order valence-electron chi connectivity index (χ2n) is 9.45. The maximum absolute atomic E-state index is 14.7. The first-order chi connectivity index (χ1) is 13.3. The Morgan fingerprint density at radius 2 is 1.71 bits per heavy atom. The first-order valence-corrected chi connectivity index (χ1v) is 11.3. The third kappa shape index (κ3) is 4.87. The van der Waals surface area contributed by atoms with Gasteiger partial charge in [-0.25, -0.2) is 8.78 Å². The molecule has 0 radical (unpaired) electrons. The Labute approximate surface area is 170 Å². The zero-order chi connectivity index (χ0) is 20.3. The van der Waals surface area contributed by atoms with E-state index in [0.717, 1.165) is 56.8 Å². The van der Waals surface area contributed by atoms with E-state index in [9.17, 15) is 8.78 Å². The summed E-state index contributed by atoms with van der Waals surface area (Å²) < 4.78 is 29.2. The molecule has 28 heavy (non-hydrogen) atoms. The molecule has 4 heteroatoms. The van der Waals surface area contributed by atoms with Crippen molar-refractivity contribution >= 4 is 5.69 Å². The summed E-state index contributed by atoms with van der Waals surface area (Å²) in [6.07, 6.45) is 4.17. The van der Waals surface area contributed by atoms with E-state index >= 15 is 0 Å². The summed E-state index contributed by atoms with van der Waals surface area (Å²) in [5.41, 5.74) is 1.03. The van der Waals surface area contributed by atoms with Gasteiger partial charge in [0.2, 0.25) is 0 Å². The molecule has 1 aromatic carbocycles. The standard InChI is InChI=1S/C24H38F2N2/c1-5-24(26)11-15-27(16-12-24)17-20-9-13-28(14-10-20)23-21(19(4)18(2)3)7-6-8-22(23)25/h6-8,18-20H,5,9-17H2,1-4H3. The molecular formula is C24H38F2N2. The van der Waals surface area contributed by atoms with Crippen LogP contribution >= 0.6 is 0 Å². The fraction of sp³-hybridized carbons (Fsp3) is 0.750. The van der Waals surface area contributed by atoms with Gasteiger partial charge in [0, 0.05) is 32.7 Å². The van der Waals surface area contributed by atoms with Crippen LogP contribution in [-0.4, -0.2) is 43.3 Å². The van der Waals surface area contributed by atoms with Crippen LogP contribution in [0, 0.1) is 17.7 Å². The van der Waals surface area contributed by atoms with Gasteiger partial charge in [0.25, 0.3) is 0 Å². The van der Waals surface area contributed by atoms with Crippen LogP contribution in [0.25, 0.3) is 0 Å². The molecule has 1 atom stereocenters. The van der Waals surface area contributed by atoms with Crippen molar-refractivity contribution in [3.05, 3.63) is 29.6 Å². The van der Waals surface area contributed by atoms with E-state index in [4.69, 9.17) is 0 Å². The van der Waals surface area contributed by atoms with Crippen molar-refractivity contribution in [3.8, 4) is 0 Å². The summed E-state index contributed by atoms with van der Waals surface area (Å²) in [6, 6.07) is 5.54. The highest BCUT2D eigenvalue weighted by Crippen LogP contribution is 2.36. The number of anilines is 1. The molecule has 3 rings (SSSR count). The Balaban J connectivity index is 1.58. The molecule has 0 aliphatic carbocycles. The van der Waals surface area contributed by atoms with Gasteiger partial charge in [-0.1, -0.05) is 39.8 Å². The summed E-state index contributed by atoms with van der Waals surface area (Å²) in [7, 11) is 0. The quantitative estimate of drug-likeness (QED) is 0.584. The Bertz CT molecular complexity index is 629. The van der Waals surface area contributed by atoms with Gasteiger partial charge in [-0.15, -0.1) is 0 Å². The molecule has 1 aromatic rings. The number of hydrogen-bond acceptors (Lipinski definition) is 2. The minimum Gasteiger partial charge on any atom is -0.369 e. The van der Waals surface area contributed by atoms with Gasteiger partial charge >= 0.3 is 0 Å². The van der Waals surface area contributed by atoms with E-state index in [1.165, 1.54) is 0 Å². The number of halogens is 2. The third-order valence-corrected chi connectivity index (χ3v) is 7.34. The van der Waals surface area contributed by atoms with E-state index in [1.54, 1.807) is 6.07 Å². The Morgan fingerprint density at radius 3 is 2.29 bits per heavy atom. The van der Waals surface area contributed by atoms with E-state index < -0.39 is 5.67 Å². The van der Waals surface area contributed by atoms with Gasteiger partial charge in [-0.2, -0.15) is 0 Å². The van der Waals surface area contributed by atoms with Gasteiger partial charge < -0.3 is 9.80 Å². The monoisotopic (exact) mass is 392 g/mol. The lowest BCUT2D eigenvalue weighted by Gasteiger charge is -2.40. The summed E-state index contributed by atoms with van der Waals surface area (Å²) in [6.45, 7) is 13.2. The van der Waals surface area contributed by atoms with Gasteiger partial charge in [0.1, 0.15) is 11.5 Å². The average molecular weight is 393 g/mol. The summed E-state index contributed by atoms with van der Waals surface area (Å²) in [5.74, 6) is 1.39. The molecule has 0 aromatic heterocycles. The smallest absolute Gasteiger partial charge is 0.146 e. The molecule has 0 N–H and O–H groups in total. The second kappa shape index (κ2) is 9.11. The second-order valence-corrected chi connectivity index (χ2v) is 9.45. The van der Waals surface area contributed by atoms with Crippen LogP contribution in [0.3, 0.4) is 0 Å². The predicted octanol–water partition coefficient (Wildman–Crippen LogP) is 6.02. The van der Waals surface area contributed by atoms with Crippen LogP contribution in [0.4, 0.5) is 14.5 Å². The summed E-state index contributed by atoms with van der Waals surface area (Å²) in [4.78, 5) is 4.71. The van der Waals surface area contributed by atoms with Gasteiger partial charge in [-0.05, 0) is 61.5 Å². The van der Waals surface area contributed by atoms with Gasteiger partial charge in [-0.3, -0.25) is 0 Å². The van der Waals surface area contributed by atoms with E-state index in [1.807, 2.05) is 13.0 Å². The molecule has 2 heterocycles. The van der Waals surface area contributed by atoms with Gasteiger partial charge in [0.05, 0.1) is 5.69 Å². The minimum absolute atomic E-state index is 0.0849. The largest absolute Gasteiger partial charge is 0.369 e. The molecule has 2 fully saturated rings. The average Bonchev–Trinajstić information content (AvgIpc) is 2.70. The fourth-order valence-corrected chi connectivity index (χ4v) is 4.79. The van der Waals surface area contributed by atoms with E-state index in [-0.39, 0.29) is 5.82 Å². The lowest BCUT2D eigenvalue weighted by molar-refractivity contribution is 0.0464. The maximum Gasteiger partial charge on any atom is 0.146 e. The summed E-state index contributed by atoms with van der Waals surface area (Å²) in [5, 5.41) is 0. The zero-order valence-electron chi connectivity index (χ0n) is 18.2. The van der Waals surface area contributed by atoms with Crippen molar-refractivity contribution in [1.82, 2.24) is 4.90 Å². The van der Waals surface area contributed by atoms with Crippen molar-refractivity contribution in [2.75, 3.05) is 37.6 Å². The highest BCUT2D eigenvalue weighted by atomic mass is 19.1. The lowest BCUT2D eigenvalue weighted by atomic mass is 9.87. The van der Waals surface area contributed by atoms with Crippen LogP contribution in [0.1, 0.15) is 71.3 Å². The number of nitrogens with zero attached hydrogens (tertiary/aromatic N) is 2. The first-order valence-electron chi connectivity index (χ1n) is 11.3. The SMILES string of the molecule is CCC1(F)CCN(CC2CCN(c3c(F)cccc3C(C)C(C)C)CC2)CC1. The fourth-order valence-electron chi connectivity index (χ4n) is 4.79. The zero-order valence-corrected chi connectivity index (χ0v) is 18.2. The molecule has 0 spiro atoms. The number of piperidine rings is 2. The highest BCUT2D eigenvalue weighted by Gasteiger charge is 2.34. The number of hydrogen-bond donors (Lipinski definition) is 0. The Hall–Kier alpha value is -1.16. The van der Waals surface area contributed by atoms with Crippen molar-refractivity contribution < 1.29 is 8.78 Å². The molecule has 2 saturated heterocycles. The lowest BCUT2D eigenvalue weighted by Crippen LogP contribution is -2.45. The van der Waals surface area contributed by atoms with Crippen molar-refractivity contribution in [3.63, 3.8) is 0 Å². The number of alkyl halides is 1. The number of para-hydroxylation sites is 1. The molecular weight excluding hydrogens is 354 g/mol. The minimum atomic E-state index is -0.936. The third-order valence-electron chi connectivity index (χ3n) is 7.34. The van der Waals surface area contributed by atoms with E-state index in [2.05, 4.69) is 36.6 Å². The van der Waals surface area contributed by atoms with Crippen LogP contribution in [0.2, 0.25) is 0 Å². The molecule has 2 aliphatic heterocycles. The molecule has 2 nitrogen and oxygen atoms in total. The highest BCUT2D eigenvalue weighted by molar-refractivity contribution is 5.56. The van der Waals surface area contributed by atoms with Crippen LogP contribution < -0.4 is 4.90 Å². The molecule has 0 amide bonds. The topological polar surface area (TPSA) is 6.48 Å². The predicted molar refractivity (Wildman–Crippen MR) is 114 cm³/mol. The van der Waals surface area contributed by atoms with Gasteiger partial charge in [0.15, 0.2) is 0 Å². The van der Waals surface area contributed by atoms with Crippen LogP contribution in [0.15, 0.2) is 18.2 Å². The summed E-state index contributed by atoms with van der Waals surface area (Å²) >= 11 is 0. The van der Waals surface area contributed by atoms with Crippen LogP contribution in [-0.2, 0) is 0 Å². The maximum atomic E-state index is 14.7. The Kier molecular flexibility index (Phi) is 7.01. The van der Waals surface area contributed by atoms with Crippen molar-refractivity contribution in [2.45, 2.75) is 71.4 Å². The van der Waals surface area contributed by atoms with Crippen molar-refractivity contribution in [1.29, 1.82) is 0 Å². The van der Waals surface area contributed by atoms with Crippen LogP contribution in [0.5, 0.6) is 0 Å². The number of benzene rings is 1.